The zero-order chi connectivity index (χ0) is 28.4. The number of amides is 1. The van der Waals surface area contributed by atoms with Crippen LogP contribution < -0.4 is 0 Å². The summed E-state index contributed by atoms with van der Waals surface area (Å²) in [5.41, 5.74) is 1.08. The van der Waals surface area contributed by atoms with E-state index in [9.17, 15) is 31.1 Å². The Kier molecular flexibility index (Phi) is 12.2. The summed E-state index contributed by atoms with van der Waals surface area (Å²) in [7, 11) is 3.49. The van der Waals surface area contributed by atoms with Gasteiger partial charge in [-0.3, -0.25) is 14.7 Å². The van der Waals surface area contributed by atoms with E-state index in [4.69, 9.17) is 29.3 Å². The second-order valence-corrected chi connectivity index (χ2v) is 8.02. The van der Waals surface area contributed by atoms with Crippen molar-refractivity contribution >= 4 is 17.8 Å². The molecule has 37 heavy (non-hydrogen) atoms. The largest absolute Gasteiger partial charge is 0.490 e. The van der Waals surface area contributed by atoms with Gasteiger partial charge in [-0.25, -0.2) is 9.59 Å². The molecule has 0 bridgehead atoms. The minimum absolute atomic E-state index is 0.00500. The lowest BCUT2D eigenvalue weighted by Crippen LogP contribution is -2.51. The normalized spacial score (nSPS) is 21.5. The molecule has 2 N–H and O–H groups in total. The number of carboxylic acid groups (broad SMARTS) is 2. The van der Waals surface area contributed by atoms with Gasteiger partial charge >= 0.3 is 24.3 Å². The number of nitrogens with zero attached hydrogens (tertiary/aromatic N) is 3. The van der Waals surface area contributed by atoms with Crippen molar-refractivity contribution in [3.8, 4) is 0 Å². The van der Waals surface area contributed by atoms with E-state index in [-0.39, 0.29) is 24.7 Å². The fraction of sp³-hybridized carbons (Fsp3) is 0.619. The van der Waals surface area contributed by atoms with Crippen molar-refractivity contribution in [2.75, 3.05) is 33.9 Å². The van der Waals surface area contributed by atoms with E-state index in [1.807, 2.05) is 18.3 Å². The van der Waals surface area contributed by atoms with E-state index in [1.165, 1.54) is 0 Å². The molecule has 1 amide bonds. The molecule has 1 saturated heterocycles. The van der Waals surface area contributed by atoms with E-state index < -0.39 is 24.3 Å². The number of hydrogen-bond donors (Lipinski definition) is 2. The molecule has 3 atom stereocenters. The monoisotopic (exact) mass is 547 g/mol. The van der Waals surface area contributed by atoms with Gasteiger partial charge in [-0.1, -0.05) is 6.07 Å². The molecule has 1 aromatic rings. The molecule has 1 aliphatic carbocycles. The molecule has 1 aliphatic heterocycles. The first-order valence-corrected chi connectivity index (χ1v) is 10.7. The highest BCUT2D eigenvalue weighted by Crippen LogP contribution is 2.32. The van der Waals surface area contributed by atoms with Crippen LogP contribution in [0.3, 0.4) is 0 Å². The van der Waals surface area contributed by atoms with Gasteiger partial charge in [-0.15, -0.1) is 0 Å². The van der Waals surface area contributed by atoms with Gasteiger partial charge in [0, 0.05) is 39.4 Å². The van der Waals surface area contributed by atoms with Crippen LogP contribution in [0.25, 0.3) is 0 Å². The summed E-state index contributed by atoms with van der Waals surface area (Å²) in [4.78, 5) is 37.9. The predicted octanol–water partition coefficient (Wildman–Crippen LogP) is 2.18. The highest BCUT2D eigenvalue weighted by molar-refractivity contribution is 5.76. The second-order valence-electron chi connectivity index (χ2n) is 8.02. The Morgan fingerprint density at radius 1 is 1.08 bits per heavy atom. The quantitative estimate of drug-likeness (QED) is 0.533. The van der Waals surface area contributed by atoms with E-state index >= 15 is 0 Å². The molecule has 0 spiro atoms. The third-order valence-electron chi connectivity index (χ3n) is 5.15. The molecular formula is C21H27F6N3O7. The lowest BCUT2D eigenvalue weighted by atomic mass is 10.1. The molecule has 2 fully saturated rings. The molecule has 0 radical (unpaired) electrons. The van der Waals surface area contributed by atoms with Crippen LogP contribution in [0.2, 0.25) is 0 Å². The molecule has 3 rings (SSSR count). The van der Waals surface area contributed by atoms with Crippen LogP contribution in [0.1, 0.15) is 18.5 Å². The van der Waals surface area contributed by atoms with Gasteiger partial charge in [0.05, 0.1) is 24.5 Å². The summed E-state index contributed by atoms with van der Waals surface area (Å²) in [6, 6.07) is 6.37. The number of hydrogen-bond acceptors (Lipinski definition) is 7. The standard InChI is InChI=1S/C17H25N3O3.2C2HF3O2/c1-19(2)16(21)12-23-15-7-6-14-17(15)22-10-9-20(14)11-13-5-3-4-8-18-13;2*3-2(4,5)1(6)7/h3-5,8,14-15,17H,6-7,9-12H2,1-2H3;2*(H,6,7)/t14-,15+,17+;;/m0../s1. The van der Waals surface area contributed by atoms with Gasteiger partial charge in [-0.05, 0) is 25.0 Å². The van der Waals surface area contributed by atoms with E-state index in [0.29, 0.717) is 12.6 Å². The third-order valence-corrected chi connectivity index (χ3v) is 5.15. The summed E-state index contributed by atoms with van der Waals surface area (Å²) in [5.74, 6) is -5.52. The van der Waals surface area contributed by atoms with Gasteiger partial charge in [0.25, 0.3) is 0 Å². The van der Waals surface area contributed by atoms with Crippen LogP contribution in [-0.4, -0.2) is 107 Å². The number of aliphatic carboxylic acids is 2. The number of aromatic nitrogens is 1. The predicted molar refractivity (Wildman–Crippen MR) is 113 cm³/mol. The first-order chi connectivity index (χ1) is 17.0. The minimum Gasteiger partial charge on any atom is -0.475 e. The van der Waals surface area contributed by atoms with Crippen molar-refractivity contribution < 1.29 is 60.4 Å². The fourth-order valence-corrected chi connectivity index (χ4v) is 3.37. The van der Waals surface area contributed by atoms with Crippen LogP contribution >= 0.6 is 0 Å². The lowest BCUT2D eigenvalue weighted by molar-refractivity contribution is -0.193. The van der Waals surface area contributed by atoms with Crippen molar-refractivity contribution in [3.63, 3.8) is 0 Å². The Morgan fingerprint density at radius 2 is 1.65 bits per heavy atom. The van der Waals surface area contributed by atoms with Crippen LogP contribution in [0.4, 0.5) is 26.3 Å². The number of morpholine rings is 1. The Hall–Kier alpha value is -2.98. The van der Waals surface area contributed by atoms with Gasteiger partial charge in [-0.2, -0.15) is 26.3 Å². The van der Waals surface area contributed by atoms with Gasteiger partial charge in [0.15, 0.2) is 0 Å². The highest BCUT2D eigenvalue weighted by atomic mass is 19.4. The van der Waals surface area contributed by atoms with Crippen LogP contribution in [0, 0.1) is 0 Å². The zero-order valence-corrected chi connectivity index (χ0v) is 19.8. The van der Waals surface area contributed by atoms with Crippen molar-refractivity contribution in [1.29, 1.82) is 0 Å². The Balaban J connectivity index is 0.000000404. The van der Waals surface area contributed by atoms with Crippen molar-refractivity contribution in [3.05, 3.63) is 30.1 Å². The fourth-order valence-electron chi connectivity index (χ4n) is 3.37. The number of likely N-dealkylation sites (N-methyl/N-ethyl adjacent to an activating group) is 1. The van der Waals surface area contributed by atoms with Gasteiger partial charge < -0.3 is 24.6 Å². The van der Waals surface area contributed by atoms with Crippen LogP contribution in [0.5, 0.6) is 0 Å². The van der Waals surface area contributed by atoms with E-state index in [1.54, 1.807) is 19.0 Å². The minimum atomic E-state index is -5.08. The molecule has 2 heterocycles. The second kappa shape index (κ2) is 14.1. The zero-order valence-electron chi connectivity index (χ0n) is 19.8. The molecular weight excluding hydrogens is 520 g/mol. The number of ether oxygens (including phenoxy) is 2. The Bertz CT molecular complexity index is 860. The average Bonchev–Trinajstić information content (AvgIpc) is 3.22. The van der Waals surface area contributed by atoms with Gasteiger partial charge in [0.1, 0.15) is 6.61 Å². The smallest absolute Gasteiger partial charge is 0.475 e. The average molecular weight is 547 g/mol. The molecule has 1 aromatic heterocycles. The molecule has 1 saturated carbocycles. The topological polar surface area (TPSA) is 130 Å². The lowest BCUT2D eigenvalue weighted by Gasteiger charge is -2.38. The summed E-state index contributed by atoms with van der Waals surface area (Å²) >= 11 is 0. The number of rotatable bonds is 5. The number of carboxylic acids is 2. The number of halogens is 6. The molecule has 0 aromatic carbocycles. The number of alkyl halides is 6. The summed E-state index contributed by atoms with van der Waals surface area (Å²) in [5, 5.41) is 14.2. The van der Waals surface area contributed by atoms with Crippen LogP contribution in [0.15, 0.2) is 24.4 Å². The Labute approximate surface area is 207 Å². The van der Waals surface area contributed by atoms with Gasteiger partial charge in [0.2, 0.25) is 5.91 Å². The molecule has 16 heteroatoms. The maximum absolute atomic E-state index is 11.7. The summed E-state index contributed by atoms with van der Waals surface area (Å²) < 4.78 is 75.3. The first kappa shape index (κ1) is 32.0. The SMILES string of the molecule is CN(C)C(=O)CO[C@@H]1CC[C@H]2[C@H]1OCCN2Cc1ccccn1.O=C(O)C(F)(F)F.O=C(O)C(F)(F)F. The summed E-state index contributed by atoms with van der Waals surface area (Å²) in [6.07, 6.45) is -6.29. The molecule has 2 aliphatic rings. The Morgan fingerprint density at radius 3 is 2.11 bits per heavy atom. The summed E-state index contributed by atoms with van der Waals surface area (Å²) in [6.45, 7) is 2.59. The molecule has 210 valence electrons. The number of pyridine rings is 1. The number of carbonyl (C=O) groups is 3. The number of fused-ring (bicyclic) bond motifs is 1. The van der Waals surface area contributed by atoms with E-state index in [2.05, 4.69) is 16.0 Å². The van der Waals surface area contributed by atoms with Crippen molar-refractivity contribution in [2.45, 2.75) is 50.0 Å². The van der Waals surface area contributed by atoms with Crippen molar-refractivity contribution in [2.24, 2.45) is 0 Å². The molecule has 0 unspecified atom stereocenters. The third kappa shape index (κ3) is 11.3. The first-order valence-electron chi connectivity index (χ1n) is 10.7. The molecule has 10 nitrogen and oxygen atoms in total. The maximum atomic E-state index is 11.7. The highest BCUT2D eigenvalue weighted by Gasteiger charge is 2.43. The van der Waals surface area contributed by atoms with E-state index in [0.717, 1.165) is 31.6 Å². The van der Waals surface area contributed by atoms with Crippen LogP contribution in [-0.2, 0) is 30.4 Å². The maximum Gasteiger partial charge on any atom is 0.490 e. The van der Waals surface area contributed by atoms with Crippen molar-refractivity contribution in [1.82, 2.24) is 14.8 Å². The number of carbonyl (C=O) groups excluding carboxylic acids is 1.